The maximum absolute atomic E-state index is 4.26. The molecular weight excluding hydrogens is 312 g/mol. The van der Waals surface area contributed by atoms with Gasteiger partial charge in [-0.2, -0.15) is 5.10 Å². The predicted molar refractivity (Wildman–Crippen MR) is 59.3 cm³/mol. The summed E-state index contributed by atoms with van der Waals surface area (Å²) in [5, 5.41) is 4.13. The molecule has 2 aromatic heterocycles. The summed E-state index contributed by atoms with van der Waals surface area (Å²) in [6.45, 7) is 1.84. The Morgan fingerprint density at radius 2 is 2.07 bits per heavy atom. The van der Waals surface area contributed by atoms with Crippen LogP contribution in [0.25, 0.3) is 5.82 Å². The Morgan fingerprint density at radius 1 is 1.29 bits per heavy atom. The highest BCUT2D eigenvalue weighted by Crippen LogP contribution is 2.14. The first-order valence-corrected chi connectivity index (χ1v) is 5.45. The van der Waals surface area contributed by atoms with Crippen LogP contribution >= 0.6 is 31.9 Å². The lowest BCUT2D eigenvalue weighted by molar-refractivity contribution is 0.824. The van der Waals surface area contributed by atoms with Crippen molar-refractivity contribution in [3.63, 3.8) is 0 Å². The van der Waals surface area contributed by atoms with E-state index in [9.17, 15) is 0 Å². The number of aromatic nitrogens is 4. The Balaban J connectivity index is 2.51. The molecule has 0 saturated heterocycles. The molecule has 0 amide bonds. The van der Waals surface area contributed by atoms with E-state index in [0.717, 1.165) is 14.9 Å². The van der Waals surface area contributed by atoms with Gasteiger partial charge in [-0.15, -0.1) is 0 Å². The van der Waals surface area contributed by atoms with Crippen molar-refractivity contribution in [2.24, 2.45) is 0 Å². The van der Waals surface area contributed by atoms with Crippen molar-refractivity contribution in [2.75, 3.05) is 0 Å². The zero-order chi connectivity index (χ0) is 10.1. The van der Waals surface area contributed by atoms with Crippen molar-refractivity contribution in [2.45, 2.75) is 6.92 Å². The molecule has 0 spiro atoms. The number of hydrogen-bond donors (Lipinski definition) is 0. The quantitative estimate of drug-likeness (QED) is 0.759. The third-order valence-corrected chi connectivity index (χ3v) is 2.39. The SMILES string of the molecule is Cc1nc(Br)cc(-n2cc(Br)cn2)n1. The monoisotopic (exact) mass is 316 g/mol. The van der Waals surface area contributed by atoms with Gasteiger partial charge in [-0.05, 0) is 38.8 Å². The largest absolute Gasteiger partial charge is 0.226 e. The van der Waals surface area contributed by atoms with Crippen molar-refractivity contribution in [3.05, 3.63) is 33.4 Å². The fraction of sp³-hybridized carbons (Fsp3) is 0.125. The molecule has 0 saturated carbocycles. The van der Waals surface area contributed by atoms with Gasteiger partial charge in [0.05, 0.1) is 10.7 Å². The van der Waals surface area contributed by atoms with Gasteiger partial charge in [-0.25, -0.2) is 14.6 Å². The average molecular weight is 318 g/mol. The van der Waals surface area contributed by atoms with E-state index in [1.807, 2.05) is 19.2 Å². The Morgan fingerprint density at radius 3 is 2.64 bits per heavy atom. The van der Waals surface area contributed by atoms with Gasteiger partial charge in [-0.1, -0.05) is 0 Å². The second-order valence-electron chi connectivity index (χ2n) is 2.70. The van der Waals surface area contributed by atoms with Gasteiger partial charge in [0, 0.05) is 12.3 Å². The normalized spacial score (nSPS) is 10.5. The molecule has 0 unspecified atom stereocenters. The van der Waals surface area contributed by atoms with Crippen LogP contribution in [0.5, 0.6) is 0 Å². The zero-order valence-corrected chi connectivity index (χ0v) is 10.4. The zero-order valence-electron chi connectivity index (χ0n) is 7.28. The molecule has 14 heavy (non-hydrogen) atoms. The molecule has 72 valence electrons. The van der Waals surface area contributed by atoms with E-state index in [1.54, 1.807) is 10.9 Å². The number of halogens is 2. The van der Waals surface area contributed by atoms with E-state index in [-0.39, 0.29) is 0 Å². The van der Waals surface area contributed by atoms with Crippen molar-refractivity contribution in [3.8, 4) is 5.82 Å². The van der Waals surface area contributed by atoms with Crippen LogP contribution in [0.3, 0.4) is 0 Å². The van der Waals surface area contributed by atoms with E-state index < -0.39 is 0 Å². The van der Waals surface area contributed by atoms with Crippen molar-refractivity contribution in [1.82, 2.24) is 19.7 Å². The molecule has 4 nitrogen and oxygen atoms in total. The molecule has 0 aliphatic heterocycles. The molecule has 0 radical (unpaired) electrons. The van der Waals surface area contributed by atoms with Gasteiger partial charge in [0.2, 0.25) is 0 Å². The topological polar surface area (TPSA) is 43.6 Å². The first kappa shape index (κ1) is 9.79. The van der Waals surface area contributed by atoms with E-state index in [2.05, 4.69) is 46.9 Å². The minimum Gasteiger partial charge on any atom is -0.226 e. The fourth-order valence-electron chi connectivity index (χ4n) is 1.06. The molecule has 2 heterocycles. The first-order chi connectivity index (χ1) is 6.65. The predicted octanol–water partition coefficient (Wildman–Crippen LogP) is 2.50. The first-order valence-electron chi connectivity index (χ1n) is 3.87. The summed E-state index contributed by atoms with van der Waals surface area (Å²) in [4.78, 5) is 8.38. The number of hydrogen-bond acceptors (Lipinski definition) is 3. The van der Waals surface area contributed by atoms with Gasteiger partial charge < -0.3 is 0 Å². The third-order valence-electron chi connectivity index (χ3n) is 1.58. The lowest BCUT2D eigenvalue weighted by Crippen LogP contribution is -2.00. The lowest BCUT2D eigenvalue weighted by atomic mass is 10.5. The fourth-order valence-corrected chi connectivity index (χ4v) is 1.81. The maximum atomic E-state index is 4.26. The molecular formula is C8H6Br2N4. The second-order valence-corrected chi connectivity index (χ2v) is 4.43. The Kier molecular flexibility index (Phi) is 2.64. The molecule has 0 aliphatic carbocycles. The highest BCUT2D eigenvalue weighted by atomic mass is 79.9. The third kappa shape index (κ3) is 2.01. The molecule has 6 heteroatoms. The Labute approximate surface area is 97.6 Å². The van der Waals surface area contributed by atoms with Crippen LogP contribution in [0, 0.1) is 6.92 Å². The van der Waals surface area contributed by atoms with Crippen LogP contribution in [0.15, 0.2) is 27.5 Å². The van der Waals surface area contributed by atoms with E-state index in [1.165, 1.54) is 0 Å². The molecule has 0 aliphatic rings. The van der Waals surface area contributed by atoms with E-state index in [0.29, 0.717) is 5.82 Å². The second kappa shape index (κ2) is 3.78. The van der Waals surface area contributed by atoms with Crippen LogP contribution in [0.2, 0.25) is 0 Å². The summed E-state index contributed by atoms with van der Waals surface area (Å²) >= 11 is 6.64. The summed E-state index contributed by atoms with van der Waals surface area (Å²) in [5.74, 6) is 1.45. The van der Waals surface area contributed by atoms with Crippen molar-refractivity contribution >= 4 is 31.9 Å². The van der Waals surface area contributed by atoms with E-state index >= 15 is 0 Å². The van der Waals surface area contributed by atoms with Crippen LogP contribution in [0.1, 0.15) is 5.82 Å². The van der Waals surface area contributed by atoms with Crippen LogP contribution in [-0.2, 0) is 0 Å². The van der Waals surface area contributed by atoms with Gasteiger partial charge >= 0.3 is 0 Å². The van der Waals surface area contributed by atoms with E-state index in [4.69, 9.17) is 0 Å². The highest BCUT2D eigenvalue weighted by Gasteiger charge is 2.03. The van der Waals surface area contributed by atoms with Gasteiger partial charge in [0.1, 0.15) is 10.4 Å². The maximum Gasteiger partial charge on any atom is 0.158 e. The average Bonchev–Trinajstić information content (AvgIpc) is 2.50. The molecule has 0 atom stereocenters. The molecule has 0 fully saturated rings. The molecule has 0 aromatic carbocycles. The minimum atomic E-state index is 0.709. The summed E-state index contributed by atoms with van der Waals surface area (Å²) in [6, 6.07) is 1.81. The van der Waals surface area contributed by atoms with Crippen LogP contribution in [-0.4, -0.2) is 19.7 Å². The van der Waals surface area contributed by atoms with Crippen molar-refractivity contribution in [1.29, 1.82) is 0 Å². The molecule has 0 N–H and O–H groups in total. The van der Waals surface area contributed by atoms with Gasteiger partial charge in [0.15, 0.2) is 5.82 Å². The van der Waals surface area contributed by atoms with Gasteiger partial charge in [-0.3, -0.25) is 0 Å². The van der Waals surface area contributed by atoms with Crippen LogP contribution < -0.4 is 0 Å². The highest BCUT2D eigenvalue weighted by molar-refractivity contribution is 9.10. The van der Waals surface area contributed by atoms with Gasteiger partial charge in [0.25, 0.3) is 0 Å². The minimum absolute atomic E-state index is 0.709. The van der Waals surface area contributed by atoms with Crippen molar-refractivity contribution < 1.29 is 0 Å². The Hall–Kier alpha value is -0.750. The number of nitrogens with zero attached hydrogens (tertiary/aromatic N) is 4. The molecule has 2 rings (SSSR count). The summed E-state index contributed by atoms with van der Waals surface area (Å²) < 4.78 is 3.36. The summed E-state index contributed by atoms with van der Waals surface area (Å²) in [5.41, 5.74) is 0. The summed E-state index contributed by atoms with van der Waals surface area (Å²) in [7, 11) is 0. The lowest BCUT2D eigenvalue weighted by Gasteiger charge is -2.01. The Bertz CT molecular complexity index is 446. The standard InChI is InChI=1S/C8H6Br2N4/c1-5-12-7(10)2-8(13-5)14-4-6(9)3-11-14/h2-4H,1H3. The number of rotatable bonds is 1. The molecule has 0 bridgehead atoms. The smallest absolute Gasteiger partial charge is 0.158 e. The van der Waals surface area contributed by atoms with Crippen LogP contribution in [0.4, 0.5) is 0 Å². The summed E-state index contributed by atoms with van der Waals surface area (Å²) in [6.07, 6.45) is 3.56. The molecule has 2 aromatic rings. The number of aryl methyl sites for hydroxylation is 1.